The van der Waals surface area contributed by atoms with Gasteiger partial charge in [0.25, 0.3) is 0 Å². The van der Waals surface area contributed by atoms with Crippen molar-refractivity contribution in [1.29, 1.82) is 0 Å². The molecular formula is C14H21F3N2O. The van der Waals surface area contributed by atoms with Crippen molar-refractivity contribution in [3.63, 3.8) is 0 Å². The van der Waals surface area contributed by atoms with Gasteiger partial charge in [0.15, 0.2) is 0 Å². The number of rotatable bonds is 6. The predicted octanol–water partition coefficient (Wildman–Crippen LogP) is 3.42. The molecule has 1 unspecified atom stereocenters. The van der Waals surface area contributed by atoms with Crippen LogP contribution in [0, 0.1) is 0 Å². The summed E-state index contributed by atoms with van der Waals surface area (Å²) in [6.45, 7) is 3.77. The van der Waals surface area contributed by atoms with E-state index in [0.717, 1.165) is 6.07 Å². The summed E-state index contributed by atoms with van der Waals surface area (Å²) in [6.07, 6.45) is -3.35. The van der Waals surface area contributed by atoms with E-state index in [1.807, 2.05) is 13.8 Å². The van der Waals surface area contributed by atoms with Gasteiger partial charge in [-0.05, 0) is 38.3 Å². The summed E-state index contributed by atoms with van der Waals surface area (Å²) in [5.74, 6) is 5.43. The lowest BCUT2D eigenvalue weighted by atomic mass is 9.92. The number of alkyl halides is 3. The summed E-state index contributed by atoms with van der Waals surface area (Å²) < 4.78 is 44.3. The third kappa shape index (κ3) is 4.47. The van der Waals surface area contributed by atoms with Crippen molar-refractivity contribution in [2.24, 2.45) is 5.84 Å². The first-order valence-electron chi connectivity index (χ1n) is 6.38. The summed E-state index contributed by atoms with van der Waals surface area (Å²) in [5.41, 5.74) is 1.58. The number of halogens is 3. The van der Waals surface area contributed by atoms with Gasteiger partial charge in [0.1, 0.15) is 0 Å². The number of hydrogen-bond donors (Lipinski definition) is 2. The molecule has 0 aliphatic heterocycles. The lowest BCUT2D eigenvalue weighted by Crippen LogP contribution is -2.32. The van der Waals surface area contributed by atoms with Gasteiger partial charge in [0.2, 0.25) is 0 Å². The molecule has 0 spiro atoms. The van der Waals surface area contributed by atoms with Gasteiger partial charge in [-0.25, -0.2) is 0 Å². The van der Waals surface area contributed by atoms with Crippen LogP contribution < -0.4 is 11.3 Å². The number of nitrogens with two attached hydrogens (primary N) is 1. The third-order valence-electron chi connectivity index (χ3n) is 3.43. The molecule has 0 fully saturated rings. The molecule has 3 N–H and O–H groups in total. The van der Waals surface area contributed by atoms with Crippen molar-refractivity contribution in [3.05, 3.63) is 35.4 Å². The van der Waals surface area contributed by atoms with E-state index in [9.17, 15) is 13.2 Å². The van der Waals surface area contributed by atoms with Crippen molar-refractivity contribution in [2.45, 2.75) is 44.5 Å². The predicted molar refractivity (Wildman–Crippen MR) is 71.8 cm³/mol. The van der Waals surface area contributed by atoms with Crippen LogP contribution in [0.1, 0.15) is 43.9 Å². The van der Waals surface area contributed by atoms with Gasteiger partial charge in [0.05, 0.1) is 11.2 Å². The molecule has 1 rings (SSSR count). The van der Waals surface area contributed by atoms with Crippen LogP contribution in [0.3, 0.4) is 0 Å². The minimum atomic E-state index is -4.39. The van der Waals surface area contributed by atoms with Crippen LogP contribution >= 0.6 is 0 Å². The second-order valence-electron chi connectivity index (χ2n) is 5.31. The van der Waals surface area contributed by atoms with Gasteiger partial charge in [-0.3, -0.25) is 11.3 Å². The average molecular weight is 290 g/mol. The summed E-state index contributed by atoms with van der Waals surface area (Å²) >= 11 is 0. The van der Waals surface area contributed by atoms with Crippen molar-refractivity contribution < 1.29 is 17.9 Å². The Kier molecular flexibility index (Phi) is 5.56. The highest BCUT2D eigenvalue weighted by atomic mass is 19.4. The van der Waals surface area contributed by atoms with Gasteiger partial charge in [-0.1, -0.05) is 18.2 Å². The third-order valence-corrected chi connectivity index (χ3v) is 3.43. The molecule has 0 saturated carbocycles. The molecule has 114 valence electrons. The minimum Gasteiger partial charge on any atom is -0.379 e. The Balaban J connectivity index is 2.96. The molecule has 3 nitrogen and oxygen atoms in total. The molecule has 0 amide bonds. The molecule has 0 heterocycles. The number of methoxy groups -OCH3 is 1. The number of ether oxygens (including phenoxy) is 1. The Morgan fingerprint density at radius 1 is 1.25 bits per heavy atom. The SMILES string of the molecule is COC(C)(C)CCC(NN)c1ccccc1C(F)(F)F. The van der Waals surface area contributed by atoms with E-state index in [1.54, 1.807) is 13.2 Å². The van der Waals surface area contributed by atoms with E-state index in [1.165, 1.54) is 12.1 Å². The lowest BCUT2D eigenvalue weighted by molar-refractivity contribution is -0.138. The van der Waals surface area contributed by atoms with E-state index in [0.29, 0.717) is 12.8 Å². The molecule has 1 aromatic carbocycles. The van der Waals surface area contributed by atoms with Crippen LogP contribution in [0.5, 0.6) is 0 Å². The fourth-order valence-corrected chi connectivity index (χ4v) is 1.98. The maximum Gasteiger partial charge on any atom is 0.416 e. The van der Waals surface area contributed by atoms with Crippen LogP contribution in [-0.2, 0) is 10.9 Å². The molecule has 20 heavy (non-hydrogen) atoms. The van der Waals surface area contributed by atoms with Gasteiger partial charge in [-0.2, -0.15) is 13.2 Å². The molecular weight excluding hydrogens is 269 g/mol. The van der Waals surface area contributed by atoms with Gasteiger partial charge < -0.3 is 4.74 Å². The summed E-state index contributed by atoms with van der Waals surface area (Å²) in [5, 5.41) is 0. The fourth-order valence-electron chi connectivity index (χ4n) is 1.98. The zero-order chi connectivity index (χ0) is 15.4. The van der Waals surface area contributed by atoms with E-state index >= 15 is 0 Å². The molecule has 0 aliphatic rings. The molecule has 0 aromatic heterocycles. The van der Waals surface area contributed by atoms with Crippen LogP contribution in [0.2, 0.25) is 0 Å². The van der Waals surface area contributed by atoms with Gasteiger partial charge in [0, 0.05) is 13.2 Å². The molecule has 0 radical (unpaired) electrons. The van der Waals surface area contributed by atoms with Crippen molar-refractivity contribution >= 4 is 0 Å². The molecule has 1 aromatic rings. The Labute approximate surface area is 117 Å². The van der Waals surface area contributed by atoms with E-state index in [2.05, 4.69) is 5.43 Å². The number of nitrogens with one attached hydrogen (secondary N) is 1. The van der Waals surface area contributed by atoms with Gasteiger partial charge in [-0.15, -0.1) is 0 Å². The zero-order valence-electron chi connectivity index (χ0n) is 11.9. The fraction of sp³-hybridized carbons (Fsp3) is 0.571. The monoisotopic (exact) mass is 290 g/mol. The molecule has 1 atom stereocenters. The Bertz CT molecular complexity index is 433. The van der Waals surface area contributed by atoms with Crippen LogP contribution in [0.4, 0.5) is 13.2 Å². The Morgan fingerprint density at radius 2 is 1.85 bits per heavy atom. The first-order chi connectivity index (χ1) is 9.21. The Morgan fingerprint density at radius 3 is 2.35 bits per heavy atom. The molecule has 6 heteroatoms. The summed E-state index contributed by atoms with van der Waals surface area (Å²) in [4.78, 5) is 0. The maximum atomic E-state index is 13.0. The van der Waals surface area contributed by atoms with Crippen molar-refractivity contribution in [1.82, 2.24) is 5.43 Å². The topological polar surface area (TPSA) is 47.3 Å². The first kappa shape index (κ1) is 16.9. The minimum absolute atomic E-state index is 0.161. The largest absolute Gasteiger partial charge is 0.416 e. The highest BCUT2D eigenvalue weighted by Crippen LogP contribution is 2.36. The first-order valence-corrected chi connectivity index (χ1v) is 6.38. The van der Waals surface area contributed by atoms with E-state index in [4.69, 9.17) is 10.6 Å². The maximum absolute atomic E-state index is 13.0. The van der Waals surface area contributed by atoms with Crippen LogP contribution in [0.15, 0.2) is 24.3 Å². The Hall–Kier alpha value is -1.11. The quantitative estimate of drug-likeness (QED) is 0.623. The average Bonchev–Trinajstić information content (AvgIpc) is 2.39. The van der Waals surface area contributed by atoms with E-state index in [-0.39, 0.29) is 5.56 Å². The lowest BCUT2D eigenvalue weighted by Gasteiger charge is -2.27. The highest BCUT2D eigenvalue weighted by Gasteiger charge is 2.35. The number of hydrogen-bond acceptors (Lipinski definition) is 3. The summed E-state index contributed by atoms with van der Waals surface area (Å²) in [6, 6.07) is 4.91. The smallest absolute Gasteiger partial charge is 0.379 e. The zero-order valence-corrected chi connectivity index (χ0v) is 11.9. The molecule has 0 bridgehead atoms. The summed E-state index contributed by atoms with van der Waals surface area (Å²) in [7, 11) is 1.58. The normalized spacial score (nSPS) is 14.3. The standard InChI is InChI=1S/C14H21F3N2O/c1-13(2,20-3)9-8-12(19-18)10-6-4-5-7-11(10)14(15,16)17/h4-7,12,19H,8-9,18H2,1-3H3. The molecule has 0 aliphatic carbocycles. The highest BCUT2D eigenvalue weighted by molar-refractivity contribution is 5.32. The van der Waals surface area contributed by atoms with Crippen molar-refractivity contribution in [2.75, 3.05) is 7.11 Å². The van der Waals surface area contributed by atoms with Crippen LogP contribution in [0.25, 0.3) is 0 Å². The van der Waals surface area contributed by atoms with Gasteiger partial charge >= 0.3 is 6.18 Å². The van der Waals surface area contributed by atoms with E-state index < -0.39 is 23.4 Å². The van der Waals surface area contributed by atoms with Crippen LogP contribution in [-0.4, -0.2) is 12.7 Å². The second kappa shape index (κ2) is 6.56. The molecule has 0 saturated heterocycles. The second-order valence-corrected chi connectivity index (χ2v) is 5.31. The van der Waals surface area contributed by atoms with Crippen molar-refractivity contribution in [3.8, 4) is 0 Å². The number of hydrazine groups is 1. The number of benzene rings is 1.